The molecule has 1 amide bonds. The number of nitriles is 1. The van der Waals surface area contributed by atoms with Crippen LogP contribution in [0.1, 0.15) is 15.9 Å². The third-order valence-electron chi connectivity index (χ3n) is 5.31. The molecule has 0 saturated heterocycles. The molecule has 0 saturated carbocycles. The lowest BCUT2D eigenvalue weighted by atomic mass is 10.0. The van der Waals surface area contributed by atoms with Gasteiger partial charge >= 0.3 is 5.97 Å². The van der Waals surface area contributed by atoms with E-state index in [1.54, 1.807) is 30.3 Å². The van der Waals surface area contributed by atoms with Gasteiger partial charge in [-0.1, -0.05) is 59.6 Å². The molecule has 37 heavy (non-hydrogen) atoms. The molecule has 0 radical (unpaired) electrons. The molecule has 0 atom stereocenters. The van der Waals surface area contributed by atoms with Crippen LogP contribution in [-0.2, 0) is 4.79 Å². The van der Waals surface area contributed by atoms with Crippen LogP contribution in [-0.4, -0.2) is 19.0 Å². The van der Waals surface area contributed by atoms with Gasteiger partial charge < -0.3 is 14.8 Å². The first-order valence-electron chi connectivity index (χ1n) is 10.8. The molecule has 4 aromatic carbocycles. The number of rotatable bonds is 6. The highest BCUT2D eigenvalue weighted by atomic mass is 79.9. The van der Waals surface area contributed by atoms with Crippen molar-refractivity contribution in [1.82, 2.24) is 0 Å². The smallest absolute Gasteiger partial charge is 0.344 e. The third-order valence-corrected chi connectivity index (χ3v) is 6.64. The van der Waals surface area contributed by atoms with E-state index in [9.17, 15) is 14.9 Å². The van der Waals surface area contributed by atoms with Crippen molar-refractivity contribution in [1.29, 1.82) is 5.26 Å². The van der Waals surface area contributed by atoms with E-state index in [2.05, 4.69) is 21.2 Å². The van der Waals surface area contributed by atoms with Crippen molar-refractivity contribution in [3.63, 3.8) is 0 Å². The molecular formula is C28H17BrCl2N2O4. The van der Waals surface area contributed by atoms with E-state index in [1.165, 1.54) is 25.3 Å². The van der Waals surface area contributed by atoms with E-state index in [4.69, 9.17) is 32.7 Å². The van der Waals surface area contributed by atoms with E-state index in [0.29, 0.717) is 26.3 Å². The quantitative estimate of drug-likeness (QED) is 0.107. The van der Waals surface area contributed by atoms with Crippen molar-refractivity contribution < 1.29 is 19.1 Å². The summed E-state index contributed by atoms with van der Waals surface area (Å²) in [5.41, 5.74) is 1.09. The highest BCUT2D eigenvalue weighted by Crippen LogP contribution is 2.38. The SMILES string of the molecule is COc1cc(/C=C(\C#N)C(=O)Nc2ccc(Cl)c(Cl)c2)cc(Br)c1OC(=O)c1cccc2ccccc12. The summed E-state index contributed by atoms with van der Waals surface area (Å²) in [6.07, 6.45) is 1.39. The lowest BCUT2D eigenvalue weighted by Gasteiger charge is -2.13. The minimum atomic E-state index is -0.637. The predicted octanol–water partition coefficient (Wildman–Crippen LogP) is 7.68. The lowest BCUT2D eigenvalue weighted by molar-refractivity contribution is -0.112. The monoisotopic (exact) mass is 594 g/mol. The first-order valence-corrected chi connectivity index (χ1v) is 12.3. The minimum Gasteiger partial charge on any atom is -0.493 e. The second-order valence-corrected chi connectivity index (χ2v) is 9.37. The van der Waals surface area contributed by atoms with E-state index >= 15 is 0 Å². The van der Waals surface area contributed by atoms with E-state index in [1.807, 2.05) is 36.4 Å². The van der Waals surface area contributed by atoms with Gasteiger partial charge in [-0.3, -0.25) is 4.79 Å². The Kier molecular flexibility index (Phi) is 8.14. The summed E-state index contributed by atoms with van der Waals surface area (Å²) < 4.78 is 11.5. The second kappa shape index (κ2) is 11.5. The number of hydrogen-bond donors (Lipinski definition) is 1. The standard InChI is InChI=1S/C28H17BrCl2N2O4/c1-36-25-13-16(11-18(15-32)27(34)33-19-9-10-23(30)24(31)14-19)12-22(29)26(25)37-28(35)21-8-4-6-17-5-2-3-7-20(17)21/h2-14H,1H3,(H,33,34)/b18-11+. The fraction of sp³-hybridized carbons (Fsp3) is 0.0357. The molecule has 1 N–H and O–H groups in total. The molecule has 0 aliphatic carbocycles. The molecule has 0 heterocycles. The van der Waals surface area contributed by atoms with Gasteiger partial charge in [0.25, 0.3) is 5.91 Å². The van der Waals surface area contributed by atoms with Gasteiger partial charge in [0.2, 0.25) is 0 Å². The van der Waals surface area contributed by atoms with Gasteiger partial charge in [0.1, 0.15) is 11.6 Å². The number of nitrogens with one attached hydrogen (secondary N) is 1. The van der Waals surface area contributed by atoms with Crippen LogP contribution in [0.15, 0.2) is 82.8 Å². The summed E-state index contributed by atoms with van der Waals surface area (Å²) in [5.74, 6) is -0.798. The molecule has 0 aliphatic rings. The van der Waals surface area contributed by atoms with E-state index < -0.39 is 11.9 Å². The fourth-order valence-corrected chi connectivity index (χ4v) is 4.40. The molecule has 0 unspecified atom stereocenters. The average molecular weight is 596 g/mol. The number of ether oxygens (including phenoxy) is 2. The van der Waals surface area contributed by atoms with Crippen LogP contribution < -0.4 is 14.8 Å². The molecule has 0 aliphatic heterocycles. The number of amides is 1. The molecular weight excluding hydrogens is 579 g/mol. The topological polar surface area (TPSA) is 88.4 Å². The molecule has 184 valence electrons. The fourth-order valence-electron chi connectivity index (χ4n) is 3.56. The Balaban J connectivity index is 1.61. The highest BCUT2D eigenvalue weighted by molar-refractivity contribution is 9.10. The third kappa shape index (κ3) is 5.95. The van der Waals surface area contributed by atoms with Crippen molar-refractivity contribution in [2.24, 2.45) is 0 Å². The Morgan fingerprint density at radius 3 is 2.49 bits per heavy atom. The predicted molar refractivity (Wildman–Crippen MR) is 148 cm³/mol. The minimum absolute atomic E-state index is 0.163. The number of methoxy groups -OCH3 is 1. The van der Waals surface area contributed by atoms with Crippen molar-refractivity contribution in [3.05, 3.63) is 104 Å². The summed E-state index contributed by atoms with van der Waals surface area (Å²) in [7, 11) is 1.42. The number of nitrogens with zero attached hydrogens (tertiary/aromatic N) is 1. The zero-order valence-corrected chi connectivity index (χ0v) is 22.3. The van der Waals surface area contributed by atoms with Crippen LogP contribution in [0.2, 0.25) is 10.0 Å². The normalized spacial score (nSPS) is 11.1. The van der Waals surface area contributed by atoms with Gasteiger partial charge in [-0.05, 0) is 74.7 Å². The Labute approximate surface area is 231 Å². The molecule has 4 rings (SSSR count). The molecule has 6 nitrogen and oxygen atoms in total. The first kappa shape index (κ1) is 26.2. The molecule has 0 fully saturated rings. The zero-order valence-electron chi connectivity index (χ0n) is 19.2. The Morgan fingerprint density at radius 2 is 1.76 bits per heavy atom. The van der Waals surface area contributed by atoms with Crippen molar-refractivity contribution >= 4 is 73.5 Å². The molecule has 4 aromatic rings. The average Bonchev–Trinajstić information content (AvgIpc) is 2.90. The van der Waals surface area contributed by atoms with Crippen LogP contribution in [0, 0.1) is 11.3 Å². The van der Waals surface area contributed by atoms with Crippen molar-refractivity contribution in [3.8, 4) is 17.6 Å². The number of fused-ring (bicyclic) bond motifs is 1. The maximum Gasteiger partial charge on any atom is 0.344 e. The van der Waals surface area contributed by atoms with Crippen LogP contribution in [0.5, 0.6) is 11.5 Å². The zero-order chi connectivity index (χ0) is 26.5. The van der Waals surface area contributed by atoms with Gasteiger partial charge in [-0.2, -0.15) is 5.26 Å². The summed E-state index contributed by atoms with van der Waals surface area (Å²) >= 11 is 15.3. The van der Waals surface area contributed by atoms with Crippen molar-refractivity contribution in [2.45, 2.75) is 0 Å². The van der Waals surface area contributed by atoms with E-state index in [-0.39, 0.29) is 22.1 Å². The van der Waals surface area contributed by atoms with Gasteiger partial charge in [0.05, 0.1) is 27.2 Å². The summed E-state index contributed by atoms with van der Waals surface area (Å²) in [6.45, 7) is 0. The number of benzene rings is 4. The first-order chi connectivity index (χ1) is 17.8. The number of hydrogen-bond acceptors (Lipinski definition) is 5. The number of esters is 1. The largest absolute Gasteiger partial charge is 0.493 e. The van der Waals surface area contributed by atoms with Gasteiger partial charge in [-0.25, -0.2) is 4.79 Å². The molecule has 0 spiro atoms. The summed E-state index contributed by atoms with van der Waals surface area (Å²) in [4.78, 5) is 25.7. The van der Waals surface area contributed by atoms with Crippen LogP contribution in [0.25, 0.3) is 16.8 Å². The number of halogens is 3. The van der Waals surface area contributed by atoms with Gasteiger partial charge in [0, 0.05) is 5.69 Å². The van der Waals surface area contributed by atoms with Gasteiger partial charge in [0.15, 0.2) is 11.5 Å². The maximum atomic E-state index is 13.0. The number of carbonyl (C=O) groups is 2. The van der Waals surface area contributed by atoms with Crippen LogP contribution >= 0.6 is 39.1 Å². The second-order valence-electron chi connectivity index (χ2n) is 7.70. The Morgan fingerprint density at radius 1 is 1.00 bits per heavy atom. The molecule has 9 heteroatoms. The summed E-state index contributed by atoms with van der Waals surface area (Å²) in [5, 5.41) is 14.5. The van der Waals surface area contributed by atoms with Gasteiger partial charge in [-0.15, -0.1) is 0 Å². The maximum absolute atomic E-state index is 13.0. The number of anilines is 1. The number of carbonyl (C=O) groups excluding carboxylic acids is 2. The van der Waals surface area contributed by atoms with Crippen LogP contribution in [0.4, 0.5) is 5.69 Å². The van der Waals surface area contributed by atoms with Crippen LogP contribution in [0.3, 0.4) is 0 Å². The molecule has 0 aromatic heterocycles. The van der Waals surface area contributed by atoms with Crippen molar-refractivity contribution in [2.75, 3.05) is 12.4 Å². The molecule has 0 bridgehead atoms. The summed E-state index contributed by atoms with van der Waals surface area (Å²) in [6, 6.07) is 22.5. The Hall–Kier alpha value is -3.83. The highest BCUT2D eigenvalue weighted by Gasteiger charge is 2.19. The van der Waals surface area contributed by atoms with E-state index in [0.717, 1.165) is 10.8 Å². The lowest BCUT2D eigenvalue weighted by Crippen LogP contribution is -2.13. The Bertz CT molecular complexity index is 1610.